The van der Waals surface area contributed by atoms with Gasteiger partial charge >= 0.3 is 0 Å². The van der Waals surface area contributed by atoms with Crippen LogP contribution in [0.25, 0.3) is 0 Å². The molecule has 0 amide bonds. The Kier molecular flexibility index (Phi) is 5.19. The number of thioether (sulfide) groups is 1. The Hall–Kier alpha value is 0.240. The molecule has 0 spiro atoms. The first-order valence-corrected chi connectivity index (χ1v) is 4.55. The molecule has 0 aliphatic rings. The van der Waals surface area contributed by atoms with E-state index in [0.29, 0.717) is 4.99 Å². The van der Waals surface area contributed by atoms with Crippen LogP contribution in [0.4, 0.5) is 0 Å². The first-order valence-electron chi connectivity index (χ1n) is 2.99. The third-order valence-corrected chi connectivity index (χ3v) is 2.44. The standard InChI is InChI=1S/C6H13NS2/c1-5(2)3-9-4-6(7)8/h5H,3-4H2,1-2H3,(H2,7,8). The molecular weight excluding hydrogens is 150 g/mol. The van der Waals surface area contributed by atoms with E-state index in [4.69, 9.17) is 18.0 Å². The summed E-state index contributed by atoms with van der Waals surface area (Å²) in [5, 5.41) is 0. The predicted octanol–water partition coefficient (Wildman–Crippen LogP) is 1.66. The molecule has 0 fully saturated rings. The van der Waals surface area contributed by atoms with Gasteiger partial charge in [-0.15, -0.1) is 0 Å². The summed E-state index contributed by atoms with van der Waals surface area (Å²) in [6.07, 6.45) is 0. The molecule has 0 bridgehead atoms. The number of hydrogen-bond acceptors (Lipinski definition) is 2. The molecule has 2 N–H and O–H groups in total. The van der Waals surface area contributed by atoms with Crippen LogP contribution in [0.15, 0.2) is 0 Å². The molecular formula is C6H13NS2. The zero-order valence-electron chi connectivity index (χ0n) is 5.89. The Labute approximate surface area is 66.4 Å². The fraction of sp³-hybridized carbons (Fsp3) is 0.833. The van der Waals surface area contributed by atoms with Crippen LogP contribution in [0.2, 0.25) is 0 Å². The van der Waals surface area contributed by atoms with Crippen molar-refractivity contribution in [2.24, 2.45) is 11.7 Å². The van der Waals surface area contributed by atoms with Crippen LogP contribution >= 0.6 is 24.0 Å². The Bertz CT molecular complexity index is 91.1. The van der Waals surface area contributed by atoms with Crippen molar-refractivity contribution in [3.63, 3.8) is 0 Å². The van der Waals surface area contributed by atoms with Crippen molar-refractivity contribution in [2.45, 2.75) is 13.8 Å². The van der Waals surface area contributed by atoms with E-state index in [0.717, 1.165) is 17.4 Å². The number of rotatable bonds is 4. The van der Waals surface area contributed by atoms with Gasteiger partial charge in [0.1, 0.15) is 0 Å². The van der Waals surface area contributed by atoms with Crippen LogP contribution in [0, 0.1) is 5.92 Å². The van der Waals surface area contributed by atoms with Crippen LogP contribution in [0.1, 0.15) is 13.8 Å². The summed E-state index contributed by atoms with van der Waals surface area (Å²) in [6, 6.07) is 0. The molecule has 0 saturated heterocycles. The summed E-state index contributed by atoms with van der Waals surface area (Å²) in [6.45, 7) is 4.37. The lowest BCUT2D eigenvalue weighted by molar-refractivity contribution is 0.751. The van der Waals surface area contributed by atoms with E-state index >= 15 is 0 Å². The van der Waals surface area contributed by atoms with Crippen molar-refractivity contribution in [2.75, 3.05) is 11.5 Å². The van der Waals surface area contributed by atoms with Crippen molar-refractivity contribution in [1.29, 1.82) is 0 Å². The highest BCUT2D eigenvalue weighted by atomic mass is 32.2. The van der Waals surface area contributed by atoms with E-state index in [1.165, 1.54) is 0 Å². The third-order valence-electron chi connectivity index (χ3n) is 0.696. The molecule has 0 aromatic carbocycles. The highest BCUT2D eigenvalue weighted by Crippen LogP contribution is 2.06. The zero-order valence-corrected chi connectivity index (χ0v) is 7.52. The molecule has 0 saturated carbocycles. The smallest absolute Gasteiger partial charge is 0.0827 e. The van der Waals surface area contributed by atoms with Crippen LogP contribution in [-0.2, 0) is 0 Å². The molecule has 9 heavy (non-hydrogen) atoms. The van der Waals surface area contributed by atoms with Gasteiger partial charge in [0.2, 0.25) is 0 Å². The minimum absolute atomic E-state index is 0.612. The molecule has 0 radical (unpaired) electrons. The topological polar surface area (TPSA) is 26.0 Å². The second-order valence-electron chi connectivity index (χ2n) is 2.38. The van der Waals surface area contributed by atoms with E-state index in [2.05, 4.69) is 13.8 Å². The van der Waals surface area contributed by atoms with Crippen LogP contribution in [0.5, 0.6) is 0 Å². The molecule has 0 unspecified atom stereocenters. The number of hydrogen-bond donors (Lipinski definition) is 1. The van der Waals surface area contributed by atoms with Crippen molar-refractivity contribution >= 4 is 29.0 Å². The summed E-state index contributed by atoms with van der Waals surface area (Å²) < 4.78 is 0. The Morgan fingerprint density at radius 3 is 2.56 bits per heavy atom. The van der Waals surface area contributed by atoms with Gasteiger partial charge in [0.25, 0.3) is 0 Å². The lowest BCUT2D eigenvalue weighted by Crippen LogP contribution is -2.11. The maximum Gasteiger partial charge on any atom is 0.0827 e. The fourth-order valence-electron chi connectivity index (χ4n) is 0.395. The van der Waals surface area contributed by atoms with Gasteiger partial charge in [0, 0.05) is 5.75 Å². The maximum absolute atomic E-state index is 5.29. The second kappa shape index (κ2) is 5.06. The lowest BCUT2D eigenvalue weighted by atomic mass is 10.3. The second-order valence-corrected chi connectivity index (χ2v) is 3.93. The molecule has 0 atom stereocenters. The largest absolute Gasteiger partial charge is 0.393 e. The maximum atomic E-state index is 5.29. The fourth-order valence-corrected chi connectivity index (χ4v) is 1.44. The lowest BCUT2D eigenvalue weighted by Gasteiger charge is -2.01. The zero-order chi connectivity index (χ0) is 7.28. The van der Waals surface area contributed by atoms with Crippen molar-refractivity contribution < 1.29 is 0 Å². The molecule has 1 nitrogen and oxygen atoms in total. The highest BCUT2D eigenvalue weighted by molar-refractivity contribution is 8.01. The van der Waals surface area contributed by atoms with Gasteiger partial charge in [-0.05, 0) is 11.7 Å². The SMILES string of the molecule is CC(C)CSCC(N)=S. The number of thiocarbonyl (C=S) groups is 1. The van der Waals surface area contributed by atoms with E-state index in [1.54, 1.807) is 11.8 Å². The Morgan fingerprint density at radius 1 is 1.67 bits per heavy atom. The Balaban J connectivity index is 3.01. The van der Waals surface area contributed by atoms with Gasteiger partial charge < -0.3 is 5.73 Å². The van der Waals surface area contributed by atoms with Gasteiger partial charge in [-0.25, -0.2) is 0 Å². The minimum Gasteiger partial charge on any atom is -0.393 e. The van der Waals surface area contributed by atoms with E-state index in [-0.39, 0.29) is 0 Å². The normalized spacial score (nSPS) is 10.1. The molecule has 54 valence electrons. The van der Waals surface area contributed by atoms with E-state index < -0.39 is 0 Å². The van der Waals surface area contributed by atoms with E-state index in [1.807, 2.05) is 0 Å². The summed E-state index contributed by atoms with van der Waals surface area (Å²) >= 11 is 6.51. The number of nitrogens with two attached hydrogens (primary N) is 1. The van der Waals surface area contributed by atoms with Crippen molar-refractivity contribution in [3.05, 3.63) is 0 Å². The molecule has 0 aromatic rings. The van der Waals surface area contributed by atoms with Crippen LogP contribution in [-0.4, -0.2) is 16.5 Å². The summed E-state index contributed by atoms with van der Waals surface area (Å²) in [4.78, 5) is 0.612. The summed E-state index contributed by atoms with van der Waals surface area (Å²) in [7, 11) is 0. The molecule has 0 aliphatic heterocycles. The van der Waals surface area contributed by atoms with Gasteiger partial charge in [-0.1, -0.05) is 26.1 Å². The van der Waals surface area contributed by atoms with Crippen LogP contribution in [0.3, 0.4) is 0 Å². The quantitative estimate of drug-likeness (QED) is 0.638. The molecule has 0 rings (SSSR count). The summed E-state index contributed by atoms with van der Waals surface area (Å²) in [5.74, 6) is 2.72. The molecule has 0 aliphatic carbocycles. The van der Waals surface area contributed by atoms with E-state index in [9.17, 15) is 0 Å². The third kappa shape index (κ3) is 8.24. The predicted molar refractivity (Wildman–Crippen MR) is 48.9 cm³/mol. The van der Waals surface area contributed by atoms with Gasteiger partial charge in [-0.2, -0.15) is 11.8 Å². The van der Waals surface area contributed by atoms with Crippen molar-refractivity contribution in [3.8, 4) is 0 Å². The average Bonchev–Trinajstić information content (AvgIpc) is 1.63. The molecule has 0 heterocycles. The monoisotopic (exact) mass is 163 g/mol. The molecule has 3 heteroatoms. The highest BCUT2D eigenvalue weighted by Gasteiger charge is 1.94. The minimum atomic E-state index is 0.612. The first-order chi connectivity index (χ1) is 4.13. The average molecular weight is 163 g/mol. The van der Waals surface area contributed by atoms with Gasteiger partial charge in [-0.3, -0.25) is 0 Å². The molecule has 0 aromatic heterocycles. The van der Waals surface area contributed by atoms with Crippen LogP contribution < -0.4 is 5.73 Å². The van der Waals surface area contributed by atoms with Crippen molar-refractivity contribution in [1.82, 2.24) is 0 Å². The summed E-state index contributed by atoms with van der Waals surface area (Å²) in [5.41, 5.74) is 5.29. The first kappa shape index (κ1) is 9.24. The van der Waals surface area contributed by atoms with Gasteiger partial charge in [0.05, 0.1) is 4.99 Å². The Morgan fingerprint density at radius 2 is 2.22 bits per heavy atom. The van der Waals surface area contributed by atoms with Gasteiger partial charge in [0.15, 0.2) is 0 Å².